The lowest BCUT2D eigenvalue weighted by Gasteiger charge is -2.22. The number of hydrogen-bond acceptors (Lipinski definition) is 4. The predicted octanol–water partition coefficient (Wildman–Crippen LogP) is -0.574. The number of rotatable bonds is 6. The Balaban J connectivity index is 2.42. The van der Waals surface area contributed by atoms with Crippen LogP contribution in [0.15, 0.2) is 0 Å². The van der Waals surface area contributed by atoms with E-state index < -0.39 is 11.9 Å². The van der Waals surface area contributed by atoms with Gasteiger partial charge in [-0.3, -0.25) is 14.5 Å². The molecular formula is C10H18N2O4. The smallest absolute Gasteiger partial charge is 0.317 e. The van der Waals surface area contributed by atoms with Crippen LogP contribution < -0.4 is 5.73 Å². The lowest BCUT2D eigenvalue weighted by Crippen LogP contribution is -2.41. The first-order chi connectivity index (χ1) is 7.47. The molecule has 0 aromatic rings. The fourth-order valence-electron chi connectivity index (χ4n) is 1.90. The molecule has 1 saturated heterocycles. The number of carboxylic acids is 1. The van der Waals surface area contributed by atoms with Crippen LogP contribution in [0, 0.1) is 0 Å². The normalized spacial score (nSPS) is 24.9. The van der Waals surface area contributed by atoms with Gasteiger partial charge < -0.3 is 15.6 Å². The summed E-state index contributed by atoms with van der Waals surface area (Å²) < 4.78 is 5.57. The summed E-state index contributed by atoms with van der Waals surface area (Å²) in [5.41, 5.74) is 5.06. The van der Waals surface area contributed by atoms with Crippen molar-refractivity contribution in [2.45, 2.75) is 32.0 Å². The van der Waals surface area contributed by atoms with Crippen LogP contribution in [-0.2, 0) is 14.3 Å². The van der Waals surface area contributed by atoms with Gasteiger partial charge in [-0.15, -0.1) is 0 Å². The Kier molecular flexibility index (Phi) is 4.70. The van der Waals surface area contributed by atoms with Crippen molar-refractivity contribution < 1.29 is 19.4 Å². The number of hydrogen-bond donors (Lipinski definition) is 2. The predicted molar refractivity (Wildman–Crippen MR) is 56.8 cm³/mol. The standard InChI is InChI=1S/C10H18N2O4/c1-7-2-3-8(16-7)4-12(5-9(11)13)6-10(14)15/h7-8H,2-6H2,1H3,(H2,11,13)(H,14,15). The molecule has 1 aliphatic heterocycles. The summed E-state index contributed by atoms with van der Waals surface area (Å²) in [6, 6.07) is 0. The molecule has 1 fully saturated rings. The second kappa shape index (κ2) is 5.81. The van der Waals surface area contributed by atoms with E-state index in [0.717, 1.165) is 12.8 Å². The molecule has 0 aromatic heterocycles. The highest BCUT2D eigenvalue weighted by Gasteiger charge is 2.25. The average Bonchev–Trinajstić information content (AvgIpc) is 2.48. The van der Waals surface area contributed by atoms with E-state index in [4.69, 9.17) is 15.6 Å². The monoisotopic (exact) mass is 230 g/mol. The van der Waals surface area contributed by atoms with Crippen molar-refractivity contribution in [1.29, 1.82) is 0 Å². The van der Waals surface area contributed by atoms with E-state index in [1.54, 1.807) is 0 Å². The minimum atomic E-state index is -0.965. The minimum Gasteiger partial charge on any atom is -0.480 e. The maximum Gasteiger partial charge on any atom is 0.317 e. The highest BCUT2D eigenvalue weighted by molar-refractivity contribution is 5.77. The summed E-state index contributed by atoms with van der Waals surface area (Å²) >= 11 is 0. The molecule has 1 aliphatic rings. The van der Waals surface area contributed by atoms with Crippen LogP contribution in [0.25, 0.3) is 0 Å². The zero-order valence-electron chi connectivity index (χ0n) is 9.39. The molecular weight excluding hydrogens is 212 g/mol. The van der Waals surface area contributed by atoms with Crippen molar-refractivity contribution >= 4 is 11.9 Å². The van der Waals surface area contributed by atoms with E-state index >= 15 is 0 Å². The molecule has 16 heavy (non-hydrogen) atoms. The van der Waals surface area contributed by atoms with Crippen LogP contribution >= 0.6 is 0 Å². The number of carboxylic acid groups (broad SMARTS) is 1. The number of nitrogens with two attached hydrogens (primary N) is 1. The summed E-state index contributed by atoms with van der Waals surface area (Å²) in [7, 11) is 0. The van der Waals surface area contributed by atoms with Crippen LogP contribution in [0.1, 0.15) is 19.8 Å². The number of ether oxygens (including phenoxy) is 1. The molecule has 92 valence electrons. The Morgan fingerprint density at radius 2 is 2.12 bits per heavy atom. The van der Waals surface area contributed by atoms with Crippen LogP contribution in [-0.4, -0.2) is 53.7 Å². The quantitative estimate of drug-likeness (QED) is 0.637. The van der Waals surface area contributed by atoms with Crippen LogP contribution in [0.5, 0.6) is 0 Å². The summed E-state index contributed by atoms with van der Waals surface area (Å²) in [6.45, 7) is 2.20. The second-order valence-corrected chi connectivity index (χ2v) is 4.18. The van der Waals surface area contributed by atoms with Crippen LogP contribution in [0.2, 0.25) is 0 Å². The summed E-state index contributed by atoms with van der Waals surface area (Å²) in [4.78, 5) is 22.9. The Hall–Kier alpha value is -1.14. The van der Waals surface area contributed by atoms with E-state index in [0.29, 0.717) is 6.54 Å². The number of aliphatic carboxylic acids is 1. The van der Waals surface area contributed by atoms with Gasteiger partial charge in [0.25, 0.3) is 0 Å². The summed E-state index contributed by atoms with van der Waals surface area (Å²) in [5.74, 6) is -1.49. The molecule has 0 saturated carbocycles. The molecule has 6 nitrogen and oxygen atoms in total. The molecule has 6 heteroatoms. The first kappa shape index (κ1) is 12.9. The number of carbonyl (C=O) groups excluding carboxylic acids is 1. The first-order valence-corrected chi connectivity index (χ1v) is 5.35. The second-order valence-electron chi connectivity index (χ2n) is 4.18. The third-order valence-electron chi connectivity index (χ3n) is 2.52. The average molecular weight is 230 g/mol. The minimum absolute atomic E-state index is 0.00806. The largest absolute Gasteiger partial charge is 0.480 e. The third-order valence-corrected chi connectivity index (χ3v) is 2.52. The lowest BCUT2D eigenvalue weighted by atomic mass is 10.2. The molecule has 0 aromatic carbocycles. The highest BCUT2D eigenvalue weighted by Crippen LogP contribution is 2.19. The molecule has 0 radical (unpaired) electrons. The van der Waals surface area contributed by atoms with Gasteiger partial charge in [-0.25, -0.2) is 0 Å². The molecule has 2 unspecified atom stereocenters. The fourth-order valence-corrected chi connectivity index (χ4v) is 1.90. The van der Waals surface area contributed by atoms with Gasteiger partial charge >= 0.3 is 5.97 Å². The number of amides is 1. The van der Waals surface area contributed by atoms with Crippen molar-refractivity contribution in [2.75, 3.05) is 19.6 Å². The maximum absolute atomic E-state index is 10.8. The van der Waals surface area contributed by atoms with Crippen molar-refractivity contribution in [2.24, 2.45) is 5.73 Å². The molecule has 0 bridgehead atoms. The molecule has 1 amide bonds. The Morgan fingerprint density at radius 1 is 1.44 bits per heavy atom. The molecule has 0 aliphatic carbocycles. The van der Waals surface area contributed by atoms with E-state index in [2.05, 4.69) is 0 Å². The van der Waals surface area contributed by atoms with Gasteiger partial charge in [0.2, 0.25) is 5.91 Å². The lowest BCUT2D eigenvalue weighted by molar-refractivity contribution is -0.139. The van der Waals surface area contributed by atoms with Gasteiger partial charge in [0.1, 0.15) is 0 Å². The van der Waals surface area contributed by atoms with E-state index in [9.17, 15) is 9.59 Å². The summed E-state index contributed by atoms with van der Waals surface area (Å²) in [6.07, 6.45) is 2.09. The van der Waals surface area contributed by atoms with Crippen molar-refractivity contribution in [3.8, 4) is 0 Å². The third kappa shape index (κ3) is 4.59. The van der Waals surface area contributed by atoms with Gasteiger partial charge in [0, 0.05) is 6.54 Å². The van der Waals surface area contributed by atoms with E-state index in [-0.39, 0.29) is 25.3 Å². The topological polar surface area (TPSA) is 92.9 Å². The SMILES string of the molecule is CC1CCC(CN(CC(N)=O)CC(=O)O)O1. The van der Waals surface area contributed by atoms with Crippen LogP contribution in [0.3, 0.4) is 0 Å². The Morgan fingerprint density at radius 3 is 2.56 bits per heavy atom. The van der Waals surface area contributed by atoms with Crippen molar-refractivity contribution in [1.82, 2.24) is 4.90 Å². The molecule has 1 rings (SSSR count). The Labute approximate surface area is 94.3 Å². The Bertz CT molecular complexity index is 254. The summed E-state index contributed by atoms with van der Waals surface area (Å²) in [5, 5.41) is 8.69. The van der Waals surface area contributed by atoms with Gasteiger partial charge in [0.15, 0.2) is 0 Å². The van der Waals surface area contributed by atoms with E-state index in [1.807, 2.05) is 6.92 Å². The zero-order valence-corrected chi connectivity index (χ0v) is 9.39. The van der Waals surface area contributed by atoms with Crippen molar-refractivity contribution in [3.05, 3.63) is 0 Å². The zero-order chi connectivity index (χ0) is 12.1. The van der Waals surface area contributed by atoms with Crippen LogP contribution in [0.4, 0.5) is 0 Å². The van der Waals surface area contributed by atoms with E-state index in [1.165, 1.54) is 4.90 Å². The first-order valence-electron chi connectivity index (χ1n) is 5.35. The van der Waals surface area contributed by atoms with Gasteiger partial charge in [0.05, 0.1) is 25.3 Å². The molecule has 0 spiro atoms. The highest BCUT2D eigenvalue weighted by atomic mass is 16.5. The molecule has 3 N–H and O–H groups in total. The van der Waals surface area contributed by atoms with Gasteiger partial charge in [-0.05, 0) is 19.8 Å². The number of carbonyl (C=O) groups is 2. The van der Waals surface area contributed by atoms with Crippen molar-refractivity contribution in [3.63, 3.8) is 0 Å². The number of primary amides is 1. The van der Waals surface area contributed by atoms with Gasteiger partial charge in [-0.2, -0.15) is 0 Å². The van der Waals surface area contributed by atoms with Gasteiger partial charge in [-0.1, -0.05) is 0 Å². The molecule has 1 heterocycles. The number of nitrogens with zero attached hydrogens (tertiary/aromatic N) is 1. The fraction of sp³-hybridized carbons (Fsp3) is 0.800. The molecule has 2 atom stereocenters. The maximum atomic E-state index is 10.8.